The molecule has 25 heavy (non-hydrogen) atoms. The molecule has 1 amide bonds. The van der Waals surface area contributed by atoms with Crippen molar-refractivity contribution in [3.05, 3.63) is 24.3 Å². The Morgan fingerprint density at radius 1 is 1.08 bits per heavy atom. The molecule has 0 aliphatic carbocycles. The number of hydrogen-bond donors (Lipinski definition) is 1. The highest BCUT2D eigenvalue weighted by atomic mass is 16.2. The zero-order valence-corrected chi connectivity index (χ0v) is 14.6. The number of carbonyl (C=O) groups is 1. The Morgan fingerprint density at radius 3 is 2.36 bits per heavy atom. The smallest absolute Gasteiger partial charge is 0.241 e. The molecule has 0 atom stereocenters. The summed E-state index contributed by atoms with van der Waals surface area (Å²) in [6, 6.07) is 12.2. The molecule has 6 heteroatoms. The van der Waals surface area contributed by atoms with Crippen molar-refractivity contribution >= 4 is 17.3 Å². The van der Waals surface area contributed by atoms with Gasteiger partial charge in [0.2, 0.25) is 5.91 Å². The molecule has 2 rings (SSSR count). The molecule has 0 bridgehead atoms. The largest absolute Gasteiger partial charge is 0.374 e. The lowest BCUT2D eigenvalue weighted by atomic mass is 10.1. The molecule has 1 aliphatic heterocycles. The fourth-order valence-corrected chi connectivity index (χ4v) is 3.05. The first-order chi connectivity index (χ1) is 12.3. The first-order valence-corrected chi connectivity index (χ1v) is 8.86. The van der Waals surface area contributed by atoms with Crippen molar-refractivity contribution in [2.24, 2.45) is 0 Å². The van der Waals surface area contributed by atoms with E-state index in [1.165, 1.54) is 19.3 Å². The van der Waals surface area contributed by atoms with E-state index in [2.05, 4.69) is 28.4 Å². The van der Waals surface area contributed by atoms with Crippen LogP contribution >= 0.6 is 0 Å². The third-order valence-corrected chi connectivity index (χ3v) is 4.37. The Hall–Kier alpha value is -2.73. The number of para-hydroxylation sites is 2. The number of nitrogens with one attached hydrogen (secondary N) is 1. The third kappa shape index (κ3) is 5.69. The van der Waals surface area contributed by atoms with Gasteiger partial charge in [0.1, 0.15) is 0 Å². The van der Waals surface area contributed by atoms with Gasteiger partial charge in [0.15, 0.2) is 0 Å². The molecule has 1 fully saturated rings. The van der Waals surface area contributed by atoms with E-state index in [0.29, 0.717) is 13.1 Å². The number of rotatable bonds is 8. The van der Waals surface area contributed by atoms with Gasteiger partial charge in [-0.3, -0.25) is 4.79 Å². The van der Waals surface area contributed by atoms with Gasteiger partial charge >= 0.3 is 0 Å². The van der Waals surface area contributed by atoms with Crippen LogP contribution in [-0.4, -0.2) is 43.5 Å². The molecule has 1 N–H and O–H groups in total. The average Bonchev–Trinajstić information content (AvgIpc) is 2.67. The molecule has 1 aromatic carbocycles. The van der Waals surface area contributed by atoms with Crippen LogP contribution in [0.25, 0.3) is 0 Å². The predicted molar refractivity (Wildman–Crippen MR) is 98.0 cm³/mol. The average molecular weight is 339 g/mol. The standard InChI is InChI=1S/C19H25N5O/c20-10-6-14-24(15-7-11-21)19(25)16-22-17-8-2-3-9-18(17)23-12-4-1-5-13-23/h2-3,8-9,22H,1,4-7,12-16H2. The molecule has 6 nitrogen and oxygen atoms in total. The molecule has 1 heterocycles. The van der Waals surface area contributed by atoms with E-state index >= 15 is 0 Å². The quantitative estimate of drug-likeness (QED) is 0.787. The van der Waals surface area contributed by atoms with Crippen LogP contribution in [0.3, 0.4) is 0 Å². The van der Waals surface area contributed by atoms with Gasteiger partial charge in [-0.15, -0.1) is 0 Å². The monoisotopic (exact) mass is 339 g/mol. The number of amides is 1. The highest BCUT2D eigenvalue weighted by Crippen LogP contribution is 2.28. The maximum absolute atomic E-state index is 12.4. The van der Waals surface area contributed by atoms with E-state index < -0.39 is 0 Å². The number of nitriles is 2. The lowest BCUT2D eigenvalue weighted by Gasteiger charge is -2.31. The van der Waals surface area contributed by atoms with Crippen LogP contribution < -0.4 is 10.2 Å². The lowest BCUT2D eigenvalue weighted by molar-refractivity contribution is -0.129. The topological polar surface area (TPSA) is 83.2 Å². The van der Waals surface area contributed by atoms with Crippen LogP contribution in [0.5, 0.6) is 0 Å². The minimum Gasteiger partial charge on any atom is -0.374 e. The van der Waals surface area contributed by atoms with Crippen LogP contribution in [0.1, 0.15) is 32.1 Å². The Bertz CT molecular complexity index is 622. The molecular weight excluding hydrogens is 314 g/mol. The molecule has 0 aromatic heterocycles. The van der Waals surface area contributed by atoms with Crippen LogP contribution in [0.4, 0.5) is 11.4 Å². The summed E-state index contributed by atoms with van der Waals surface area (Å²) in [4.78, 5) is 16.4. The summed E-state index contributed by atoms with van der Waals surface area (Å²) in [5.74, 6) is -0.0843. The van der Waals surface area contributed by atoms with Gasteiger partial charge < -0.3 is 15.1 Å². The SMILES string of the molecule is N#CCCN(CCC#N)C(=O)CNc1ccccc1N1CCCCC1. The van der Waals surface area contributed by atoms with Crippen molar-refractivity contribution in [3.63, 3.8) is 0 Å². The normalized spacial score (nSPS) is 13.6. The molecule has 0 spiro atoms. The van der Waals surface area contributed by atoms with E-state index in [0.717, 1.165) is 24.5 Å². The van der Waals surface area contributed by atoms with Gasteiger partial charge in [0.05, 0.1) is 42.9 Å². The van der Waals surface area contributed by atoms with Gasteiger partial charge in [0.25, 0.3) is 0 Å². The molecular formula is C19H25N5O. The maximum atomic E-state index is 12.4. The minimum absolute atomic E-state index is 0.0843. The summed E-state index contributed by atoms with van der Waals surface area (Å²) in [6.45, 7) is 2.99. The van der Waals surface area contributed by atoms with Crippen molar-refractivity contribution in [2.75, 3.05) is 42.9 Å². The summed E-state index contributed by atoms with van der Waals surface area (Å²) < 4.78 is 0. The molecule has 132 valence electrons. The number of nitrogens with zero attached hydrogens (tertiary/aromatic N) is 4. The summed E-state index contributed by atoms with van der Waals surface area (Å²) in [7, 11) is 0. The van der Waals surface area contributed by atoms with E-state index in [-0.39, 0.29) is 25.3 Å². The molecule has 1 aromatic rings. The number of hydrogen-bond acceptors (Lipinski definition) is 5. The van der Waals surface area contributed by atoms with E-state index in [1.807, 2.05) is 18.2 Å². The van der Waals surface area contributed by atoms with E-state index in [9.17, 15) is 4.79 Å². The molecule has 1 saturated heterocycles. The Balaban J connectivity index is 1.98. The molecule has 0 saturated carbocycles. The van der Waals surface area contributed by atoms with Crippen molar-refractivity contribution < 1.29 is 4.79 Å². The van der Waals surface area contributed by atoms with Crippen LogP contribution in [0.15, 0.2) is 24.3 Å². The van der Waals surface area contributed by atoms with Crippen molar-refractivity contribution in [3.8, 4) is 12.1 Å². The summed E-state index contributed by atoms with van der Waals surface area (Å²) >= 11 is 0. The highest BCUT2D eigenvalue weighted by molar-refractivity contribution is 5.83. The fourth-order valence-electron chi connectivity index (χ4n) is 3.05. The highest BCUT2D eigenvalue weighted by Gasteiger charge is 2.16. The van der Waals surface area contributed by atoms with E-state index in [4.69, 9.17) is 10.5 Å². The second-order valence-corrected chi connectivity index (χ2v) is 6.12. The summed E-state index contributed by atoms with van der Waals surface area (Å²) in [5.41, 5.74) is 2.09. The Labute approximate surface area is 149 Å². The van der Waals surface area contributed by atoms with Crippen LogP contribution in [0, 0.1) is 22.7 Å². The van der Waals surface area contributed by atoms with Crippen molar-refractivity contribution in [2.45, 2.75) is 32.1 Å². The zero-order chi connectivity index (χ0) is 17.9. The lowest BCUT2D eigenvalue weighted by Crippen LogP contribution is -2.37. The van der Waals surface area contributed by atoms with E-state index in [1.54, 1.807) is 4.90 Å². The van der Waals surface area contributed by atoms with Crippen molar-refractivity contribution in [1.29, 1.82) is 10.5 Å². The second-order valence-electron chi connectivity index (χ2n) is 6.12. The summed E-state index contributed by atoms with van der Waals surface area (Å²) in [6.07, 6.45) is 4.23. The fraction of sp³-hybridized carbons (Fsp3) is 0.526. The van der Waals surface area contributed by atoms with Crippen LogP contribution in [0.2, 0.25) is 0 Å². The zero-order valence-electron chi connectivity index (χ0n) is 14.6. The van der Waals surface area contributed by atoms with Gasteiger partial charge in [-0.1, -0.05) is 12.1 Å². The first-order valence-electron chi connectivity index (χ1n) is 8.86. The first kappa shape index (κ1) is 18.6. The third-order valence-electron chi connectivity index (χ3n) is 4.37. The van der Waals surface area contributed by atoms with Gasteiger partial charge in [-0.05, 0) is 31.4 Å². The van der Waals surface area contributed by atoms with Gasteiger partial charge in [-0.25, -0.2) is 0 Å². The Kier molecular flexibility index (Phi) is 7.59. The predicted octanol–water partition coefficient (Wildman–Crippen LogP) is 2.74. The van der Waals surface area contributed by atoms with Gasteiger partial charge in [0, 0.05) is 26.2 Å². The number of benzene rings is 1. The maximum Gasteiger partial charge on any atom is 0.241 e. The van der Waals surface area contributed by atoms with Crippen molar-refractivity contribution in [1.82, 2.24) is 4.90 Å². The molecule has 0 radical (unpaired) electrons. The number of piperidine rings is 1. The van der Waals surface area contributed by atoms with Crippen LogP contribution in [-0.2, 0) is 4.79 Å². The number of anilines is 2. The summed E-state index contributed by atoms with van der Waals surface area (Å²) in [5, 5.41) is 20.7. The molecule has 1 aliphatic rings. The van der Waals surface area contributed by atoms with Gasteiger partial charge in [-0.2, -0.15) is 10.5 Å². The second kappa shape index (κ2) is 10.2. The number of carbonyl (C=O) groups excluding carboxylic acids is 1. The minimum atomic E-state index is -0.0843. The Morgan fingerprint density at radius 2 is 1.72 bits per heavy atom. The molecule has 0 unspecified atom stereocenters.